The van der Waals surface area contributed by atoms with Crippen LogP contribution in [-0.2, 0) is 6.42 Å². The van der Waals surface area contributed by atoms with Crippen molar-refractivity contribution in [1.82, 2.24) is 4.98 Å². The Kier molecular flexibility index (Phi) is 3.62. The average Bonchev–Trinajstić information content (AvgIpc) is 2.93. The van der Waals surface area contributed by atoms with Crippen molar-refractivity contribution < 1.29 is 10.2 Å². The van der Waals surface area contributed by atoms with Crippen LogP contribution in [0.2, 0.25) is 0 Å². The Morgan fingerprint density at radius 2 is 1.38 bits per heavy atom. The highest BCUT2D eigenvalue weighted by Gasteiger charge is 2.13. The Morgan fingerprint density at radius 3 is 1.90 bits per heavy atom. The maximum Gasteiger partial charge on any atom is 0.124 e. The van der Waals surface area contributed by atoms with E-state index in [1.807, 2.05) is 24.3 Å². The Bertz CT molecular complexity index is 745. The van der Waals surface area contributed by atoms with E-state index in [1.54, 1.807) is 35.6 Å². The maximum absolute atomic E-state index is 9.40. The lowest BCUT2D eigenvalue weighted by Gasteiger charge is -2.00. The van der Waals surface area contributed by atoms with Crippen LogP contribution in [0.1, 0.15) is 11.8 Å². The molecule has 0 fully saturated rings. The first kappa shape index (κ1) is 13.6. The van der Waals surface area contributed by atoms with Gasteiger partial charge in [0, 0.05) is 16.0 Å². The van der Waals surface area contributed by atoms with Crippen molar-refractivity contribution in [3.8, 4) is 33.3 Å². The Balaban J connectivity index is 2.05. The van der Waals surface area contributed by atoms with E-state index in [0.29, 0.717) is 0 Å². The molecule has 0 radical (unpaired) electrons. The first-order valence-corrected chi connectivity index (χ1v) is 7.57. The summed E-state index contributed by atoms with van der Waals surface area (Å²) in [5.41, 5.74) is 2.97. The van der Waals surface area contributed by atoms with Gasteiger partial charge in [0.2, 0.25) is 0 Å². The Labute approximate surface area is 127 Å². The molecule has 2 N–H and O–H groups in total. The number of aromatic hydroxyl groups is 2. The number of phenolic OH excluding ortho intramolecular Hbond substituents is 2. The molecule has 4 heteroatoms. The van der Waals surface area contributed by atoms with Gasteiger partial charge in [-0.15, -0.1) is 11.3 Å². The molecular formula is C17H15NO2S. The molecule has 0 saturated heterocycles. The van der Waals surface area contributed by atoms with Crippen molar-refractivity contribution in [2.24, 2.45) is 0 Å². The number of hydrogen-bond donors (Lipinski definition) is 2. The third-order valence-corrected chi connectivity index (χ3v) is 4.52. The molecule has 21 heavy (non-hydrogen) atoms. The van der Waals surface area contributed by atoms with E-state index < -0.39 is 0 Å². The SMILES string of the molecule is CCc1sc(-c2ccc(O)cc2)nc1-c1ccc(O)cc1. The molecule has 106 valence electrons. The summed E-state index contributed by atoms with van der Waals surface area (Å²) in [6, 6.07) is 14.2. The molecule has 0 amide bonds. The van der Waals surface area contributed by atoms with E-state index in [-0.39, 0.29) is 11.5 Å². The number of hydrogen-bond acceptors (Lipinski definition) is 4. The van der Waals surface area contributed by atoms with Crippen molar-refractivity contribution in [3.63, 3.8) is 0 Å². The number of phenols is 2. The lowest BCUT2D eigenvalue weighted by Crippen LogP contribution is -1.83. The average molecular weight is 297 g/mol. The number of thiazole rings is 1. The number of benzene rings is 2. The van der Waals surface area contributed by atoms with Gasteiger partial charge in [-0.1, -0.05) is 6.92 Å². The van der Waals surface area contributed by atoms with Gasteiger partial charge < -0.3 is 10.2 Å². The van der Waals surface area contributed by atoms with Gasteiger partial charge in [0.15, 0.2) is 0 Å². The predicted molar refractivity (Wildman–Crippen MR) is 85.7 cm³/mol. The lowest BCUT2D eigenvalue weighted by atomic mass is 10.1. The third-order valence-electron chi connectivity index (χ3n) is 3.27. The van der Waals surface area contributed by atoms with E-state index in [4.69, 9.17) is 4.98 Å². The fourth-order valence-electron chi connectivity index (χ4n) is 2.16. The smallest absolute Gasteiger partial charge is 0.124 e. The van der Waals surface area contributed by atoms with E-state index in [2.05, 4.69) is 6.92 Å². The topological polar surface area (TPSA) is 53.4 Å². The van der Waals surface area contributed by atoms with Crippen molar-refractivity contribution >= 4 is 11.3 Å². The zero-order valence-electron chi connectivity index (χ0n) is 11.6. The first-order valence-electron chi connectivity index (χ1n) is 6.76. The van der Waals surface area contributed by atoms with Crippen molar-refractivity contribution in [2.75, 3.05) is 0 Å². The second-order valence-corrected chi connectivity index (χ2v) is 5.82. The van der Waals surface area contributed by atoms with Crippen LogP contribution < -0.4 is 0 Å². The number of nitrogens with zero attached hydrogens (tertiary/aromatic N) is 1. The van der Waals surface area contributed by atoms with Gasteiger partial charge in [0.05, 0.1) is 5.69 Å². The normalized spacial score (nSPS) is 10.7. The monoisotopic (exact) mass is 297 g/mol. The molecule has 0 bridgehead atoms. The Morgan fingerprint density at radius 1 is 0.857 bits per heavy atom. The molecule has 0 aliphatic heterocycles. The second-order valence-electron chi connectivity index (χ2n) is 4.74. The maximum atomic E-state index is 9.40. The number of rotatable bonds is 3. The minimum Gasteiger partial charge on any atom is -0.508 e. The fraction of sp³-hybridized carbons (Fsp3) is 0.118. The van der Waals surface area contributed by atoms with Crippen molar-refractivity contribution in [2.45, 2.75) is 13.3 Å². The summed E-state index contributed by atoms with van der Waals surface area (Å²) in [6.07, 6.45) is 0.909. The molecule has 0 aliphatic rings. The molecule has 0 saturated carbocycles. The molecule has 1 heterocycles. The molecule has 0 unspecified atom stereocenters. The zero-order valence-corrected chi connectivity index (χ0v) is 12.4. The summed E-state index contributed by atoms with van der Waals surface area (Å²) < 4.78 is 0. The van der Waals surface area contributed by atoms with Gasteiger partial charge in [0.25, 0.3) is 0 Å². The molecular weight excluding hydrogens is 282 g/mol. The van der Waals surface area contributed by atoms with E-state index in [9.17, 15) is 10.2 Å². The lowest BCUT2D eigenvalue weighted by molar-refractivity contribution is 0.475. The molecule has 0 atom stereocenters. The zero-order chi connectivity index (χ0) is 14.8. The summed E-state index contributed by atoms with van der Waals surface area (Å²) in [5.74, 6) is 0.510. The highest BCUT2D eigenvalue weighted by Crippen LogP contribution is 2.35. The fourth-order valence-corrected chi connectivity index (χ4v) is 3.19. The third kappa shape index (κ3) is 2.76. The van der Waals surface area contributed by atoms with E-state index >= 15 is 0 Å². The van der Waals surface area contributed by atoms with Crippen LogP contribution in [-0.4, -0.2) is 15.2 Å². The van der Waals surface area contributed by atoms with E-state index in [1.165, 1.54) is 4.88 Å². The molecule has 1 aromatic heterocycles. The molecule has 0 spiro atoms. The van der Waals surface area contributed by atoms with Crippen LogP contribution in [0.25, 0.3) is 21.8 Å². The van der Waals surface area contributed by atoms with Gasteiger partial charge in [-0.3, -0.25) is 0 Å². The Hall–Kier alpha value is -2.33. The van der Waals surface area contributed by atoms with Crippen LogP contribution in [0.5, 0.6) is 11.5 Å². The molecule has 3 aromatic rings. The minimum atomic E-state index is 0.254. The summed E-state index contributed by atoms with van der Waals surface area (Å²) in [4.78, 5) is 5.95. The second kappa shape index (κ2) is 5.58. The summed E-state index contributed by atoms with van der Waals surface area (Å²) in [5, 5.41) is 19.7. The van der Waals surface area contributed by atoms with Crippen LogP contribution >= 0.6 is 11.3 Å². The quantitative estimate of drug-likeness (QED) is 0.751. The molecule has 3 rings (SSSR count). The van der Waals surface area contributed by atoms with Crippen LogP contribution in [0.3, 0.4) is 0 Å². The van der Waals surface area contributed by atoms with E-state index in [0.717, 1.165) is 28.2 Å². The molecule has 2 aromatic carbocycles. The predicted octanol–water partition coefficient (Wildman–Crippen LogP) is 4.45. The largest absolute Gasteiger partial charge is 0.508 e. The molecule has 3 nitrogen and oxygen atoms in total. The van der Waals surface area contributed by atoms with Gasteiger partial charge in [-0.05, 0) is 55.0 Å². The van der Waals surface area contributed by atoms with Gasteiger partial charge in [0.1, 0.15) is 16.5 Å². The number of aromatic nitrogens is 1. The first-order chi connectivity index (χ1) is 10.2. The summed E-state index contributed by atoms with van der Waals surface area (Å²) >= 11 is 1.66. The van der Waals surface area contributed by atoms with Crippen molar-refractivity contribution in [3.05, 3.63) is 53.4 Å². The van der Waals surface area contributed by atoms with Crippen molar-refractivity contribution in [1.29, 1.82) is 0 Å². The van der Waals surface area contributed by atoms with Gasteiger partial charge in [-0.2, -0.15) is 0 Å². The standard InChI is InChI=1S/C17H15NO2S/c1-2-15-16(11-3-7-13(19)8-4-11)18-17(21-15)12-5-9-14(20)10-6-12/h3-10,19-20H,2H2,1H3. The van der Waals surface area contributed by atoms with Crippen LogP contribution in [0.15, 0.2) is 48.5 Å². The van der Waals surface area contributed by atoms with Crippen LogP contribution in [0, 0.1) is 0 Å². The molecule has 0 aliphatic carbocycles. The van der Waals surface area contributed by atoms with Gasteiger partial charge >= 0.3 is 0 Å². The highest BCUT2D eigenvalue weighted by molar-refractivity contribution is 7.15. The van der Waals surface area contributed by atoms with Crippen LogP contribution in [0.4, 0.5) is 0 Å². The summed E-state index contributed by atoms with van der Waals surface area (Å²) in [6.45, 7) is 2.11. The summed E-state index contributed by atoms with van der Waals surface area (Å²) in [7, 11) is 0. The minimum absolute atomic E-state index is 0.254. The highest BCUT2D eigenvalue weighted by atomic mass is 32.1. The van der Waals surface area contributed by atoms with Gasteiger partial charge in [-0.25, -0.2) is 4.98 Å². The number of aryl methyl sites for hydroxylation is 1.